The van der Waals surface area contributed by atoms with Crippen LogP contribution in [0.3, 0.4) is 0 Å². The lowest BCUT2D eigenvalue weighted by molar-refractivity contribution is -0.134. The zero-order chi connectivity index (χ0) is 21.3. The van der Waals surface area contributed by atoms with Gasteiger partial charge in [-0.2, -0.15) is 0 Å². The fraction of sp³-hybridized carbons (Fsp3) is 0.125. The van der Waals surface area contributed by atoms with Gasteiger partial charge in [0.25, 0.3) is 11.8 Å². The fourth-order valence-electron chi connectivity index (χ4n) is 3.44. The molecule has 0 N–H and O–H groups in total. The molecule has 4 rings (SSSR count). The number of para-hydroxylation sites is 1. The van der Waals surface area contributed by atoms with E-state index in [0.717, 1.165) is 26.1 Å². The van der Waals surface area contributed by atoms with Crippen LogP contribution in [-0.2, 0) is 16.2 Å². The van der Waals surface area contributed by atoms with E-state index >= 15 is 0 Å². The summed E-state index contributed by atoms with van der Waals surface area (Å²) in [6.07, 6.45) is 1.47. The average Bonchev–Trinajstić information content (AvgIpc) is 2.78. The van der Waals surface area contributed by atoms with Crippen LogP contribution < -0.4 is 4.74 Å². The van der Waals surface area contributed by atoms with Crippen LogP contribution >= 0.6 is 0 Å². The van der Waals surface area contributed by atoms with Gasteiger partial charge >= 0.3 is 6.03 Å². The van der Waals surface area contributed by atoms with E-state index in [1.807, 2.05) is 48.5 Å². The molecular formula is C24H20N2O4. The van der Waals surface area contributed by atoms with E-state index in [4.69, 9.17) is 4.74 Å². The summed E-state index contributed by atoms with van der Waals surface area (Å²) in [7, 11) is 2.70. The van der Waals surface area contributed by atoms with Crippen LogP contribution in [0.25, 0.3) is 16.8 Å². The maximum absolute atomic E-state index is 12.5. The number of nitrogens with zero attached hydrogens (tertiary/aromatic N) is 2. The van der Waals surface area contributed by atoms with Crippen LogP contribution in [-0.4, -0.2) is 41.7 Å². The molecule has 0 bridgehead atoms. The van der Waals surface area contributed by atoms with Crippen LogP contribution in [0.1, 0.15) is 11.1 Å². The Morgan fingerprint density at radius 3 is 2.20 bits per heavy atom. The number of rotatable bonds is 4. The molecule has 150 valence electrons. The van der Waals surface area contributed by atoms with Gasteiger partial charge < -0.3 is 4.74 Å². The Labute approximate surface area is 174 Å². The van der Waals surface area contributed by atoms with Crippen molar-refractivity contribution in [3.63, 3.8) is 0 Å². The minimum Gasteiger partial charge on any atom is -0.488 e. The van der Waals surface area contributed by atoms with Gasteiger partial charge in [0.15, 0.2) is 0 Å². The monoisotopic (exact) mass is 400 g/mol. The van der Waals surface area contributed by atoms with Crippen molar-refractivity contribution in [2.75, 3.05) is 14.1 Å². The lowest BCUT2D eigenvalue weighted by atomic mass is 10.0. The number of urea groups is 1. The summed E-state index contributed by atoms with van der Waals surface area (Å²) in [5, 5.41) is 2.23. The number of amides is 4. The van der Waals surface area contributed by atoms with Crippen molar-refractivity contribution in [2.24, 2.45) is 0 Å². The summed E-state index contributed by atoms with van der Waals surface area (Å²) in [5.74, 6) is -0.723. The van der Waals surface area contributed by atoms with Crippen LogP contribution in [0.5, 0.6) is 5.75 Å². The zero-order valence-electron chi connectivity index (χ0n) is 16.7. The molecule has 30 heavy (non-hydrogen) atoms. The standard InChI is InChI=1S/C24H20N2O4/c1-25-22(27)20(23(28)26(2)24(25)29)14-17-9-4-6-13-21(17)30-15-18-11-7-10-16-8-3-5-12-19(16)18/h3-14H,15H2,1-2H3. The second-order valence-electron chi connectivity index (χ2n) is 7.03. The van der Waals surface area contributed by atoms with Crippen LogP contribution in [0.4, 0.5) is 4.79 Å². The lowest BCUT2D eigenvalue weighted by Gasteiger charge is -2.29. The number of barbiturate groups is 1. The second-order valence-corrected chi connectivity index (χ2v) is 7.03. The largest absolute Gasteiger partial charge is 0.488 e. The molecule has 0 aliphatic carbocycles. The summed E-state index contributed by atoms with van der Waals surface area (Å²) in [5.41, 5.74) is 1.54. The van der Waals surface area contributed by atoms with Gasteiger partial charge in [-0.3, -0.25) is 19.4 Å². The predicted octanol–water partition coefficient (Wildman–Crippen LogP) is 3.85. The van der Waals surface area contributed by atoms with Crippen molar-refractivity contribution in [1.29, 1.82) is 0 Å². The predicted molar refractivity (Wildman–Crippen MR) is 114 cm³/mol. The Morgan fingerprint density at radius 1 is 0.800 bits per heavy atom. The number of benzene rings is 3. The van der Waals surface area contributed by atoms with E-state index in [1.54, 1.807) is 18.2 Å². The lowest BCUT2D eigenvalue weighted by Crippen LogP contribution is -2.52. The number of carbonyl (C=O) groups excluding carboxylic acids is 3. The van der Waals surface area contributed by atoms with Crippen LogP contribution in [0, 0.1) is 0 Å². The average molecular weight is 400 g/mol. The Balaban J connectivity index is 1.65. The van der Waals surface area contributed by atoms with E-state index < -0.39 is 17.8 Å². The first-order valence-corrected chi connectivity index (χ1v) is 9.47. The Hall–Kier alpha value is -3.93. The molecular weight excluding hydrogens is 380 g/mol. The number of likely N-dealkylation sites (N-methyl/N-ethyl adjacent to an activating group) is 2. The summed E-state index contributed by atoms with van der Waals surface area (Å²) >= 11 is 0. The first kappa shape index (κ1) is 19.4. The summed E-state index contributed by atoms with van der Waals surface area (Å²) in [6, 6.07) is 20.6. The molecule has 4 amide bonds. The van der Waals surface area contributed by atoms with Gasteiger partial charge in [-0.05, 0) is 28.5 Å². The molecule has 0 atom stereocenters. The summed E-state index contributed by atoms with van der Waals surface area (Å²) < 4.78 is 6.06. The van der Waals surface area contributed by atoms with Gasteiger partial charge in [0, 0.05) is 19.7 Å². The molecule has 0 unspecified atom stereocenters. The van der Waals surface area contributed by atoms with Gasteiger partial charge in [0.1, 0.15) is 17.9 Å². The van der Waals surface area contributed by atoms with Crippen molar-refractivity contribution >= 4 is 34.7 Å². The van der Waals surface area contributed by atoms with Gasteiger partial charge in [-0.25, -0.2) is 4.79 Å². The van der Waals surface area contributed by atoms with Crippen LogP contribution in [0.2, 0.25) is 0 Å². The minimum absolute atomic E-state index is 0.0826. The number of fused-ring (bicyclic) bond motifs is 1. The number of hydrogen-bond acceptors (Lipinski definition) is 4. The highest BCUT2D eigenvalue weighted by Crippen LogP contribution is 2.26. The third-order valence-corrected chi connectivity index (χ3v) is 5.13. The minimum atomic E-state index is -0.650. The first-order chi connectivity index (χ1) is 14.5. The van der Waals surface area contributed by atoms with Gasteiger partial charge in [-0.1, -0.05) is 60.7 Å². The third kappa shape index (κ3) is 3.43. The number of imide groups is 2. The van der Waals surface area contributed by atoms with Crippen molar-refractivity contribution < 1.29 is 19.1 Å². The molecule has 1 aliphatic heterocycles. The van der Waals surface area contributed by atoms with E-state index in [2.05, 4.69) is 0 Å². The van der Waals surface area contributed by atoms with E-state index in [1.165, 1.54) is 20.2 Å². The van der Waals surface area contributed by atoms with E-state index in [-0.39, 0.29) is 5.57 Å². The Kier molecular flexibility index (Phi) is 5.06. The maximum Gasteiger partial charge on any atom is 0.333 e. The molecule has 3 aromatic rings. The van der Waals surface area contributed by atoms with Crippen molar-refractivity contribution in [1.82, 2.24) is 9.80 Å². The van der Waals surface area contributed by atoms with Gasteiger partial charge in [-0.15, -0.1) is 0 Å². The molecule has 0 spiro atoms. The Morgan fingerprint density at radius 2 is 1.43 bits per heavy atom. The highest BCUT2D eigenvalue weighted by Gasteiger charge is 2.37. The SMILES string of the molecule is CN1C(=O)C(=Cc2ccccc2OCc2cccc3ccccc23)C(=O)N(C)C1=O. The number of hydrogen-bond donors (Lipinski definition) is 0. The summed E-state index contributed by atoms with van der Waals surface area (Å²) in [6.45, 7) is 0.335. The molecule has 0 saturated carbocycles. The zero-order valence-corrected chi connectivity index (χ0v) is 16.7. The quantitative estimate of drug-likeness (QED) is 0.493. The van der Waals surface area contributed by atoms with E-state index in [0.29, 0.717) is 17.9 Å². The summed E-state index contributed by atoms with van der Waals surface area (Å²) in [4.78, 5) is 38.7. The normalized spacial score (nSPS) is 14.5. The van der Waals surface area contributed by atoms with Crippen molar-refractivity contribution in [2.45, 2.75) is 6.61 Å². The number of carbonyl (C=O) groups is 3. The second kappa shape index (κ2) is 7.83. The molecule has 1 aliphatic rings. The third-order valence-electron chi connectivity index (χ3n) is 5.13. The van der Waals surface area contributed by atoms with Crippen LogP contribution in [0.15, 0.2) is 72.3 Å². The smallest absolute Gasteiger partial charge is 0.333 e. The maximum atomic E-state index is 12.5. The topological polar surface area (TPSA) is 66.9 Å². The number of ether oxygens (including phenoxy) is 1. The van der Waals surface area contributed by atoms with E-state index in [9.17, 15) is 14.4 Å². The molecule has 1 saturated heterocycles. The molecule has 1 fully saturated rings. The molecule has 6 heteroatoms. The van der Waals surface area contributed by atoms with Crippen molar-refractivity contribution in [3.05, 3.63) is 83.4 Å². The molecule has 0 aromatic heterocycles. The van der Waals surface area contributed by atoms with Gasteiger partial charge in [0.05, 0.1) is 0 Å². The Bertz CT molecular complexity index is 1170. The molecule has 3 aromatic carbocycles. The first-order valence-electron chi connectivity index (χ1n) is 9.47. The molecule has 6 nitrogen and oxygen atoms in total. The molecule has 0 radical (unpaired) electrons. The fourth-order valence-corrected chi connectivity index (χ4v) is 3.44. The highest BCUT2D eigenvalue weighted by molar-refractivity contribution is 6.30. The molecule has 1 heterocycles. The van der Waals surface area contributed by atoms with Gasteiger partial charge in [0.2, 0.25) is 0 Å². The van der Waals surface area contributed by atoms with Crippen molar-refractivity contribution in [3.8, 4) is 5.75 Å². The highest BCUT2D eigenvalue weighted by atomic mass is 16.5.